The Bertz CT molecular complexity index is 27.3. The van der Waals surface area contributed by atoms with Crippen LogP contribution in [0.4, 0.5) is 0 Å². The van der Waals surface area contributed by atoms with Gasteiger partial charge in [-0.3, -0.25) is 0 Å². The Morgan fingerprint density at radius 2 is 1.57 bits per heavy atom. The van der Waals surface area contributed by atoms with Gasteiger partial charge < -0.3 is 5.11 Å². The zero-order valence-electron chi connectivity index (χ0n) is 5.15. The third-order valence-electron chi connectivity index (χ3n) is 0.942. The molecule has 0 aromatic rings. The van der Waals surface area contributed by atoms with Gasteiger partial charge >= 0.3 is 0 Å². The Balaban J connectivity index is 0. The molecule has 1 nitrogen and oxygen atoms in total. The van der Waals surface area contributed by atoms with Gasteiger partial charge in [0.1, 0.15) is 0 Å². The van der Waals surface area contributed by atoms with Crippen LogP contribution >= 0.6 is 9.90 Å². The van der Waals surface area contributed by atoms with E-state index in [1.54, 1.807) is 0 Å². The minimum atomic E-state index is -0.0648. The van der Waals surface area contributed by atoms with Crippen LogP contribution in [0.2, 0.25) is 0 Å². The van der Waals surface area contributed by atoms with Crippen molar-refractivity contribution in [2.24, 2.45) is 0 Å². The summed E-state index contributed by atoms with van der Waals surface area (Å²) in [4.78, 5) is 0. The van der Waals surface area contributed by atoms with Crippen LogP contribution in [-0.2, 0) is 0 Å². The molecule has 0 aliphatic carbocycles. The lowest BCUT2D eigenvalue weighted by molar-refractivity contribution is 0.166. The highest BCUT2D eigenvalue weighted by Gasteiger charge is 1.90. The molecule has 0 heterocycles. The predicted molar refractivity (Wildman–Crippen MR) is 37.7 cm³/mol. The largest absolute Gasteiger partial charge is 0.393 e. The van der Waals surface area contributed by atoms with Gasteiger partial charge in [0.2, 0.25) is 0 Å². The fraction of sp³-hybridized carbons (Fsp3) is 1.00. The molecule has 0 aromatic carbocycles. The standard InChI is InChI=1S/C5H12O.H3P/c1-3-5(6)4-2;/h5-6H,3-4H2,1-2H3;1H3. The van der Waals surface area contributed by atoms with Gasteiger partial charge in [-0.05, 0) is 12.8 Å². The molecule has 0 fully saturated rings. The average molecular weight is 122 g/mol. The minimum Gasteiger partial charge on any atom is -0.393 e. The molecule has 46 valence electrons. The van der Waals surface area contributed by atoms with Crippen molar-refractivity contribution in [1.82, 2.24) is 0 Å². The Morgan fingerprint density at radius 1 is 1.29 bits per heavy atom. The second-order valence-corrected chi connectivity index (χ2v) is 1.47. The van der Waals surface area contributed by atoms with Gasteiger partial charge in [-0.25, -0.2) is 0 Å². The van der Waals surface area contributed by atoms with Gasteiger partial charge in [0.25, 0.3) is 0 Å². The lowest BCUT2D eigenvalue weighted by atomic mass is 10.2. The fourth-order valence-electron chi connectivity index (χ4n) is 0.289. The molecule has 0 spiro atoms. The van der Waals surface area contributed by atoms with Gasteiger partial charge in [-0.2, -0.15) is 9.90 Å². The van der Waals surface area contributed by atoms with Gasteiger partial charge in [-0.15, -0.1) is 0 Å². The first kappa shape index (κ1) is 10.4. The van der Waals surface area contributed by atoms with Gasteiger partial charge in [-0.1, -0.05) is 13.8 Å². The number of hydrogen-bond donors (Lipinski definition) is 1. The summed E-state index contributed by atoms with van der Waals surface area (Å²) in [5, 5.41) is 8.67. The molecule has 0 rings (SSSR count). The third kappa shape index (κ3) is 6.39. The average Bonchev–Trinajstić information content (AvgIpc) is 1.65. The topological polar surface area (TPSA) is 20.2 Å². The molecule has 1 atom stereocenters. The van der Waals surface area contributed by atoms with E-state index in [9.17, 15) is 0 Å². The Hall–Kier alpha value is 0.390. The maximum absolute atomic E-state index is 8.67. The third-order valence-corrected chi connectivity index (χ3v) is 0.942. The summed E-state index contributed by atoms with van der Waals surface area (Å²) in [6.07, 6.45) is 1.71. The van der Waals surface area contributed by atoms with Crippen molar-refractivity contribution in [1.29, 1.82) is 0 Å². The highest BCUT2D eigenvalue weighted by molar-refractivity contribution is 6.92. The number of hydrogen-bond acceptors (Lipinski definition) is 1. The Labute approximate surface area is 48.7 Å². The Morgan fingerprint density at radius 3 is 1.57 bits per heavy atom. The second kappa shape index (κ2) is 6.39. The maximum atomic E-state index is 8.67. The van der Waals surface area contributed by atoms with Crippen molar-refractivity contribution in [3.63, 3.8) is 0 Å². The van der Waals surface area contributed by atoms with Crippen molar-refractivity contribution in [3.05, 3.63) is 0 Å². The summed E-state index contributed by atoms with van der Waals surface area (Å²) in [6, 6.07) is 0. The molecule has 2 heteroatoms. The molecular weight excluding hydrogens is 107 g/mol. The molecule has 0 saturated heterocycles. The van der Waals surface area contributed by atoms with Gasteiger partial charge in [0.05, 0.1) is 6.10 Å². The van der Waals surface area contributed by atoms with Crippen molar-refractivity contribution >= 4 is 9.90 Å². The lowest BCUT2D eigenvalue weighted by Crippen LogP contribution is -1.99. The van der Waals surface area contributed by atoms with E-state index in [4.69, 9.17) is 5.11 Å². The summed E-state index contributed by atoms with van der Waals surface area (Å²) in [6.45, 7) is 3.96. The molecule has 0 aromatic heterocycles. The van der Waals surface area contributed by atoms with E-state index in [1.165, 1.54) is 0 Å². The quantitative estimate of drug-likeness (QED) is 0.546. The van der Waals surface area contributed by atoms with E-state index in [0.29, 0.717) is 0 Å². The molecule has 7 heavy (non-hydrogen) atoms. The molecular formula is C5H15OP. The van der Waals surface area contributed by atoms with Crippen LogP contribution < -0.4 is 0 Å². The molecule has 0 saturated carbocycles. The smallest absolute Gasteiger partial charge is 0.0535 e. The monoisotopic (exact) mass is 122 g/mol. The van der Waals surface area contributed by atoms with E-state index >= 15 is 0 Å². The number of aliphatic hydroxyl groups is 1. The van der Waals surface area contributed by atoms with Gasteiger partial charge in [0.15, 0.2) is 0 Å². The van der Waals surface area contributed by atoms with Crippen LogP contribution in [0.5, 0.6) is 0 Å². The Kier molecular flexibility index (Phi) is 9.48. The molecule has 1 unspecified atom stereocenters. The van der Waals surface area contributed by atoms with E-state index < -0.39 is 0 Å². The maximum Gasteiger partial charge on any atom is 0.0535 e. The first-order valence-electron chi connectivity index (χ1n) is 2.49. The van der Waals surface area contributed by atoms with E-state index in [0.717, 1.165) is 12.8 Å². The summed E-state index contributed by atoms with van der Waals surface area (Å²) < 4.78 is 0. The number of aliphatic hydroxyl groups excluding tert-OH is 1. The van der Waals surface area contributed by atoms with Crippen molar-refractivity contribution < 1.29 is 5.11 Å². The fourth-order valence-corrected chi connectivity index (χ4v) is 0.289. The van der Waals surface area contributed by atoms with E-state index in [2.05, 4.69) is 0 Å². The lowest BCUT2D eigenvalue weighted by Gasteiger charge is -1.98. The van der Waals surface area contributed by atoms with Crippen LogP contribution in [0.25, 0.3) is 0 Å². The summed E-state index contributed by atoms with van der Waals surface area (Å²) in [7, 11) is 0. The molecule has 1 N–H and O–H groups in total. The van der Waals surface area contributed by atoms with Crippen LogP contribution in [0.3, 0.4) is 0 Å². The minimum absolute atomic E-state index is 0. The summed E-state index contributed by atoms with van der Waals surface area (Å²) >= 11 is 0. The summed E-state index contributed by atoms with van der Waals surface area (Å²) in [5.41, 5.74) is 0. The van der Waals surface area contributed by atoms with Crippen molar-refractivity contribution in [3.8, 4) is 0 Å². The first-order chi connectivity index (χ1) is 2.81. The van der Waals surface area contributed by atoms with E-state index in [-0.39, 0.29) is 16.0 Å². The van der Waals surface area contributed by atoms with Crippen molar-refractivity contribution in [2.75, 3.05) is 0 Å². The normalized spacial score (nSPS) is 8.57. The first-order valence-corrected chi connectivity index (χ1v) is 2.49. The van der Waals surface area contributed by atoms with Crippen molar-refractivity contribution in [2.45, 2.75) is 32.8 Å². The predicted octanol–water partition coefficient (Wildman–Crippen LogP) is 1.23. The van der Waals surface area contributed by atoms with E-state index in [1.807, 2.05) is 13.8 Å². The second-order valence-electron chi connectivity index (χ2n) is 1.47. The van der Waals surface area contributed by atoms with Crippen LogP contribution in [0.1, 0.15) is 26.7 Å². The van der Waals surface area contributed by atoms with Gasteiger partial charge in [0, 0.05) is 0 Å². The zero-order valence-corrected chi connectivity index (χ0v) is 6.56. The summed E-state index contributed by atoms with van der Waals surface area (Å²) in [5.74, 6) is 0. The molecule has 0 bridgehead atoms. The van der Waals surface area contributed by atoms with Crippen LogP contribution in [0, 0.1) is 0 Å². The number of rotatable bonds is 2. The molecule has 0 aliphatic rings. The SMILES string of the molecule is CCC(O)CC.P. The highest BCUT2D eigenvalue weighted by atomic mass is 31.0. The zero-order chi connectivity index (χ0) is 4.99. The van der Waals surface area contributed by atoms with Crippen LogP contribution in [-0.4, -0.2) is 11.2 Å². The molecule has 0 radical (unpaired) electrons. The van der Waals surface area contributed by atoms with Crippen LogP contribution in [0.15, 0.2) is 0 Å². The highest BCUT2D eigenvalue weighted by Crippen LogP contribution is 1.91. The molecule has 0 aliphatic heterocycles. The molecule has 0 amide bonds.